The highest BCUT2D eigenvalue weighted by molar-refractivity contribution is 7.80. The minimum absolute atomic E-state index is 0.747. The van der Waals surface area contributed by atoms with Gasteiger partial charge >= 0.3 is 0 Å². The van der Waals surface area contributed by atoms with E-state index in [1.54, 1.807) is 18.4 Å². The number of hydrogen-bond donors (Lipinski definition) is 1. The van der Waals surface area contributed by atoms with Crippen LogP contribution in [0.4, 0.5) is 10.8 Å². The molecule has 144 valence electrons. The topological polar surface area (TPSA) is 40.6 Å². The monoisotopic (exact) mass is 410 g/mol. The Labute approximate surface area is 174 Å². The zero-order valence-corrected chi connectivity index (χ0v) is 17.3. The number of piperazine rings is 1. The van der Waals surface area contributed by atoms with Gasteiger partial charge in [-0.2, -0.15) is 0 Å². The van der Waals surface area contributed by atoms with Gasteiger partial charge < -0.3 is 19.9 Å². The fraction of sp³-hybridized carbons (Fsp3) is 0.238. The second kappa shape index (κ2) is 8.58. The third-order valence-electron chi connectivity index (χ3n) is 4.72. The molecule has 0 radical (unpaired) electrons. The van der Waals surface area contributed by atoms with Crippen molar-refractivity contribution < 1.29 is 4.74 Å². The van der Waals surface area contributed by atoms with Crippen molar-refractivity contribution in [1.29, 1.82) is 0 Å². The summed E-state index contributed by atoms with van der Waals surface area (Å²) in [4.78, 5) is 9.36. The lowest BCUT2D eigenvalue weighted by atomic mass is 10.2. The second-order valence-electron chi connectivity index (χ2n) is 6.52. The van der Waals surface area contributed by atoms with Gasteiger partial charge in [-0.1, -0.05) is 36.4 Å². The maximum Gasteiger partial charge on any atom is 0.185 e. The number of ether oxygens (including phenoxy) is 1. The molecule has 0 spiro atoms. The van der Waals surface area contributed by atoms with Crippen LogP contribution < -0.4 is 15.0 Å². The lowest BCUT2D eigenvalue weighted by Crippen LogP contribution is -2.50. The number of aromatic nitrogens is 1. The summed E-state index contributed by atoms with van der Waals surface area (Å²) in [6, 6.07) is 18.1. The molecule has 1 aliphatic heterocycles. The van der Waals surface area contributed by atoms with E-state index in [1.807, 2.05) is 42.5 Å². The van der Waals surface area contributed by atoms with Gasteiger partial charge in [0.15, 0.2) is 10.2 Å². The highest BCUT2D eigenvalue weighted by Crippen LogP contribution is 2.28. The molecule has 1 aromatic heterocycles. The lowest BCUT2D eigenvalue weighted by Gasteiger charge is -2.36. The van der Waals surface area contributed by atoms with E-state index in [4.69, 9.17) is 21.9 Å². The molecule has 1 N–H and O–H groups in total. The van der Waals surface area contributed by atoms with Gasteiger partial charge in [-0.3, -0.25) is 0 Å². The van der Waals surface area contributed by atoms with Crippen LogP contribution >= 0.6 is 23.6 Å². The van der Waals surface area contributed by atoms with E-state index < -0.39 is 0 Å². The summed E-state index contributed by atoms with van der Waals surface area (Å²) in [6.07, 6.45) is 0. The van der Waals surface area contributed by atoms with Gasteiger partial charge in [0, 0.05) is 48.9 Å². The fourth-order valence-electron chi connectivity index (χ4n) is 3.16. The maximum atomic E-state index is 5.60. The van der Waals surface area contributed by atoms with Gasteiger partial charge in [0.25, 0.3) is 0 Å². The Morgan fingerprint density at radius 1 is 1.07 bits per heavy atom. The molecule has 5 nitrogen and oxygen atoms in total. The van der Waals surface area contributed by atoms with E-state index in [1.165, 1.54) is 0 Å². The first-order valence-electron chi connectivity index (χ1n) is 9.19. The van der Waals surface area contributed by atoms with Crippen molar-refractivity contribution in [2.45, 2.75) is 0 Å². The fourth-order valence-corrected chi connectivity index (χ4v) is 4.34. The summed E-state index contributed by atoms with van der Waals surface area (Å²) in [6.45, 7) is 3.55. The SMILES string of the molecule is COc1cccc(NC(=S)N2CCN(c3nc(-c4ccccc4)cs3)CC2)c1. The quantitative estimate of drug-likeness (QED) is 0.646. The van der Waals surface area contributed by atoms with Crippen LogP contribution in [0, 0.1) is 0 Å². The number of nitrogens with one attached hydrogen (secondary N) is 1. The van der Waals surface area contributed by atoms with Crippen molar-refractivity contribution in [3.8, 4) is 17.0 Å². The number of nitrogens with zero attached hydrogens (tertiary/aromatic N) is 3. The predicted molar refractivity (Wildman–Crippen MR) is 121 cm³/mol. The minimum atomic E-state index is 0.747. The zero-order chi connectivity index (χ0) is 19.3. The molecule has 0 saturated carbocycles. The summed E-state index contributed by atoms with van der Waals surface area (Å²) in [5, 5.41) is 7.26. The molecule has 3 aromatic rings. The molecule has 1 aliphatic rings. The number of thiazole rings is 1. The largest absolute Gasteiger partial charge is 0.497 e. The van der Waals surface area contributed by atoms with Gasteiger partial charge in [0.05, 0.1) is 12.8 Å². The van der Waals surface area contributed by atoms with Crippen LogP contribution in [0.25, 0.3) is 11.3 Å². The molecule has 0 bridgehead atoms. The predicted octanol–water partition coefficient (Wildman–Crippen LogP) is 4.34. The Balaban J connectivity index is 1.34. The Morgan fingerprint density at radius 2 is 1.86 bits per heavy atom. The highest BCUT2D eigenvalue weighted by Gasteiger charge is 2.21. The molecule has 7 heteroatoms. The van der Waals surface area contributed by atoms with Crippen LogP contribution in [-0.2, 0) is 0 Å². The van der Waals surface area contributed by atoms with Gasteiger partial charge in [-0.25, -0.2) is 4.98 Å². The summed E-state index contributed by atoms with van der Waals surface area (Å²) in [5.41, 5.74) is 3.14. The van der Waals surface area contributed by atoms with Crippen molar-refractivity contribution in [1.82, 2.24) is 9.88 Å². The number of thiocarbonyl (C=S) groups is 1. The van der Waals surface area contributed by atoms with Gasteiger partial charge in [0.1, 0.15) is 5.75 Å². The third-order valence-corrected chi connectivity index (χ3v) is 5.98. The van der Waals surface area contributed by atoms with E-state index >= 15 is 0 Å². The lowest BCUT2D eigenvalue weighted by molar-refractivity contribution is 0.390. The van der Waals surface area contributed by atoms with Crippen LogP contribution in [-0.4, -0.2) is 48.3 Å². The van der Waals surface area contributed by atoms with E-state index in [-0.39, 0.29) is 0 Å². The summed E-state index contributed by atoms with van der Waals surface area (Å²) < 4.78 is 5.27. The molecule has 0 aliphatic carbocycles. The molecule has 0 amide bonds. The first-order valence-corrected chi connectivity index (χ1v) is 10.5. The number of hydrogen-bond acceptors (Lipinski definition) is 5. The third kappa shape index (κ3) is 4.26. The standard InChI is InChI=1S/C21H22N4OS2/c1-26-18-9-5-8-17(14-18)22-20(27)24-10-12-25(13-11-24)21-23-19(15-28-21)16-6-3-2-4-7-16/h2-9,14-15H,10-13H2,1H3,(H,22,27). The average molecular weight is 411 g/mol. The van der Waals surface area contributed by atoms with Crippen molar-refractivity contribution in [2.75, 3.05) is 43.5 Å². The first-order chi connectivity index (χ1) is 13.7. The van der Waals surface area contributed by atoms with Crippen molar-refractivity contribution in [3.05, 3.63) is 60.0 Å². The molecular formula is C21H22N4OS2. The van der Waals surface area contributed by atoms with Crippen LogP contribution in [0.1, 0.15) is 0 Å². The van der Waals surface area contributed by atoms with Crippen LogP contribution in [0.3, 0.4) is 0 Å². The molecule has 1 saturated heterocycles. The summed E-state index contributed by atoms with van der Waals surface area (Å²) in [5.74, 6) is 0.815. The molecule has 4 rings (SSSR count). The van der Waals surface area contributed by atoms with Gasteiger partial charge in [0.2, 0.25) is 0 Å². The first kappa shape index (κ1) is 18.7. The van der Waals surface area contributed by atoms with Gasteiger partial charge in [-0.05, 0) is 24.4 Å². The van der Waals surface area contributed by atoms with Crippen molar-refractivity contribution in [2.24, 2.45) is 0 Å². The molecule has 2 aromatic carbocycles. The van der Waals surface area contributed by atoms with Crippen molar-refractivity contribution >= 4 is 39.5 Å². The summed E-state index contributed by atoms with van der Waals surface area (Å²) in [7, 11) is 1.67. The van der Waals surface area contributed by atoms with Crippen LogP contribution in [0.5, 0.6) is 5.75 Å². The number of anilines is 2. The van der Waals surface area contributed by atoms with E-state index in [9.17, 15) is 0 Å². The van der Waals surface area contributed by atoms with Crippen LogP contribution in [0.2, 0.25) is 0 Å². The highest BCUT2D eigenvalue weighted by atomic mass is 32.1. The Kier molecular flexibility index (Phi) is 5.73. The molecule has 0 atom stereocenters. The average Bonchev–Trinajstić information content (AvgIpc) is 3.25. The number of rotatable bonds is 4. The Bertz CT molecular complexity index is 936. The zero-order valence-electron chi connectivity index (χ0n) is 15.7. The maximum absolute atomic E-state index is 5.60. The molecular weight excluding hydrogens is 388 g/mol. The van der Waals surface area contributed by atoms with Crippen LogP contribution in [0.15, 0.2) is 60.0 Å². The molecule has 28 heavy (non-hydrogen) atoms. The normalized spacial score (nSPS) is 14.0. The second-order valence-corrected chi connectivity index (χ2v) is 7.74. The smallest absolute Gasteiger partial charge is 0.185 e. The van der Waals surface area contributed by atoms with E-state index in [0.29, 0.717) is 0 Å². The Morgan fingerprint density at radius 3 is 2.61 bits per heavy atom. The van der Waals surface area contributed by atoms with E-state index in [2.05, 4.69) is 32.6 Å². The minimum Gasteiger partial charge on any atom is -0.497 e. The molecule has 0 unspecified atom stereocenters. The summed E-state index contributed by atoms with van der Waals surface area (Å²) >= 11 is 7.30. The van der Waals surface area contributed by atoms with Gasteiger partial charge in [-0.15, -0.1) is 11.3 Å². The Hall–Kier alpha value is -2.64. The van der Waals surface area contributed by atoms with E-state index in [0.717, 1.165) is 59.1 Å². The molecule has 1 fully saturated rings. The molecule has 2 heterocycles. The van der Waals surface area contributed by atoms with Crippen molar-refractivity contribution in [3.63, 3.8) is 0 Å². The number of methoxy groups -OCH3 is 1. The number of benzene rings is 2.